The molecule has 3 aromatic rings. The Hall–Kier alpha value is -2.51. The minimum atomic E-state index is -0.514. The second-order valence-corrected chi connectivity index (χ2v) is 6.89. The fraction of sp³-hybridized carbons (Fsp3) is 0.222. The molecule has 3 rings (SSSR count). The van der Waals surface area contributed by atoms with E-state index in [1.165, 1.54) is 4.90 Å². The minimum absolute atomic E-state index is 0.330. The second-order valence-electron chi connectivity index (χ2n) is 5.74. The van der Waals surface area contributed by atoms with E-state index in [9.17, 15) is 4.79 Å². The van der Waals surface area contributed by atoms with Crippen LogP contribution >= 0.6 is 11.8 Å². The number of hydrogen-bond acceptors (Lipinski definition) is 5. The van der Waals surface area contributed by atoms with Crippen molar-refractivity contribution in [3.8, 4) is 0 Å². The highest BCUT2D eigenvalue weighted by Gasteiger charge is 2.09. The van der Waals surface area contributed by atoms with Gasteiger partial charge in [-0.1, -0.05) is 30.0 Å². The number of aromatic nitrogens is 2. The summed E-state index contributed by atoms with van der Waals surface area (Å²) in [5.74, 6) is 0.381. The highest BCUT2D eigenvalue weighted by molar-refractivity contribution is 7.99. The van der Waals surface area contributed by atoms with Crippen LogP contribution in [0.5, 0.6) is 0 Å². The number of fused-ring (bicyclic) bond motifs is 1. The zero-order valence-electron chi connectivity index (χ0n) is 14.2. The molecule has 130 valence electrons. The van der Waals surface area contributed by atoms with Crippen molar-refractivity contribution in [2.24, 2.45) is 0 Å². The molecule has 0 spiro atoms. The van der Waals surface area contributed by atoms with Crippen molar-refractivity contribution < 1.29 is 9.53 Å². The number of hydrogen-bond donors (Lipinski definition) is 2. The fourth-order valence-corrected chi connectivity index (χ4v) is 3.07. The molecule has 1 amide bonds. The van der Waals surface area contributed by atoms with E-state index in [2.05, 4.69) is 27.4 Å². The number of aromatic amines is 1. The molecule has 0 unspecified atom stereocenters. The molecule has 7 heteroatoms. The Bertz CT molecular complexity index is 849. The zero-order valence-corrected chi connectivity index (χ0v) is 15.0. The molecular weight excluding hydrogens is 336 g/mol. The summed E-state index contributed by atoms with van der Waals surface area (Å²) < 4.78 is 5.10. The van der Waals surface area contributed by atoms with Crippen molar-refractivity contribution >= 4 is 34.8 Å². The number of imidazole rings is 1. The molecule has 0 aliphatic heterocycles. The average molecular weight is 356 g/mol. The lowest BCUT2D eigenvalue weighted by molar-refractivity contribution is 0.151. The number of carbonyl (C=O) groups excluding carboxylic acids is 1. The van der Waals surface area contributed by atoms with Crippen LogP contribution < -0.4 is 5.32 Å². The van der Waals surface area contributed by atoms with E-state index in [-0.39, 0.29) is 0 Å². The maximum Gasteiger partial charge on any atom is 0.414 e. The molecule has 1 aromatic heterocycles. The molecule has 0 radical (unpaired) electrons. The standard InChI is InChI=1S/C18H20N4O2S/c1-22(2)10-11-24-18(23)21-17-19-15-9-8-14(12-16(15)20-17)25-13-6-4-3-5-7-13/h3-9,12H,10-11H2,1-2H3,(H2,19,20,21,23). The van der Waals surface area contributed by atoms with Crippen molar-refractivity contribution in [2.45, 2.75) is 9.79 Å². The van der Waals surface area contributed by atoms with Gasteiger partial charge in [0, 0.05) is 16.3 Å². The lowest BCUT2D eigenvalue weighted by Gasteiger charge is -2.09. The van der Waals surface area contributed by atoms with Crippen molar-refractivity contribution in [2.75, 3.05) is 32.6 Å². The molecule has 0 aliphatic rings. The predicted octanol–water partition coefficient (Wildman–Crippen LogP) is 3.82. The van der Waals surface area contributed by atoms with Crippen LogP contribution in [-0.2, 0) is 4.74 Å². The van der Waals surface area contributed by atoms with E-state index in [1.807, 2.05) is 55.4 Å². The number of likely N-dealkylation sites (N-methyl/N-ethyl adjacent to an activating group) is 1. The highest BCUT2D eigenvalue weighted by atomic mass is 32.2. The Morgan fingerprint density at radius 3 is 2.76 bits per heavy atom. The van der Waals surface area contributed by atoms with Gasteiger partial charge in [0.05, 0.1) is 11.0 Å². The predicted molar refractivity (Wildman–Crippen MR) is 100 cm³/mol. The number of anilines is 1. The number of carbonyl (C=O) groups is 1. The molecule has 2 aromatic carbocycles. The van der Waals surface area contributed by atoms with Gasteiger partial charge in [-0.2, -0.15) is 0 Å². The molecule has 0 bridgehead atoms. The topological polar surface area (TPSA) is 70.2 Å². The van der Waals surface area contributed by atoms with E-state index in [0.717, 1.165) is 15.9 Å². The van der Waals surface area contributed by atoms with Crippen LogP contribution in [0.1, 0.15) is 0 Å². The van der Waals surface area contributed by atoms with Crippen molar-refractivity contribution in [3.05, 3.63) is 48.5 Å². The Balaban J connectivity index is 1.65. The van der Waals surface area contributed by atoms with Crippen molar-refractivity contribution in [1.82, 2.24) is 14.9 Å². The Morgan fingerprint density at radius 2 is 2.00 bits per heavy atom. The van der Waals surface area contributed by atoms with Gasteiger partial charge >= 0.3 is 6.09 Å². The lowest BCUT2D eigenvalue weighted by atomic mass is 10.3. The first-order chi connectivity index (χ1) is 12.1. The van der Waals surface area contributed by atoms with Gasteiger partial charge in [0.1, 0.15) is 6.61 Å². The van der Waals surface area contributed by atoms with E-state index in [1.54, 1.807) is 11.8 Å². The SMILES string of the molecule is CN(C)CCOC(=O)Nc1nc2ccc(Sc3ccccc3)cc2[nH]1. The quantitative estimate of drug-likeness (QED) is 0.702. The number of nitrogens with one attached hydrogen (secondary N) is 2. The normalized spacial score (nSPS) is 11.0. The van der Waals surface area contributed by atoms with Crippen LogP contribution in [-0.4, -0.2) is 48.2 Å². The lowest BCUT2D eigenvalue weighted by Crippen LogP contribution is -2.22. The average Bonchev–Trinajstić information content (AvgIpc) is 2.96. The van der Waals surface area contributed by atoms with Gasteiger partial charge in [0.2, 0.25) is 5.95 Å². The van der Waals surface area contributed by atoms with Crippen LogP contribution in [0.25, 0.3) is 11.0 Å². The number of rotatable bonds is 6. The van der Waals surface area contributed by atoms with Gasteiger partial charge in [0.15, 0.2) is 0 Å². The van der Waals surface area contributed by atoms with Gasteiger partial charge in [-0.05, 0) is 44.4 Å². The maximum absolute atomic E-state index is 11.8. The minimum Gasteiger partial charge on any atom is -0.448 e. The summed E-state index contributed by atoms with van der Waals surface area (Å²) in [7, 11) is 3.84. The molecule has 1 heterocycles. The van der Waals surface area contributed by atoms with Crippen LogP contribution in [0.2, 0.25) is 0 Å². The molecular formula is C18H20N4O2S. The summed E-state index contributed by atoms with van der Waals surface area (Å²) in [6, 6.07) is 16.1. The third kappa shape index (κ3) is 4.98. The molecule has 25 heavy (non-hydrogen) atoms. The Labute approximate surface area is 150 Å². The Kier molecular flexibility index (Phi) is 5.57. The summed E-state index contributed by atoms with van der Waals surface area (Å²) >= 11 is 1.67. The van der Waals surface area contributed by atoms with E-state index in [4.69, 9.17) is 4.74 Å². The maximum atomic E-state index is 11.8. The molecule has 0 saturated carbocycles. The van der Waals surface area contributed by atoms with Crippen molar-refractivity contribution in [3.63, 3.8) is 0 Å². The first-order valence-corrected chi connectivity index (χ1v) is 8.73. The first-order valence-electron chi connectivity index (χ1n) is 7.91. The van der Waals surface area contributed by atoms with Gasteiger partial charge in [-0.15, -0.1) is 0 Å². The van der Waals surface area contributed by atoms with Crippen LogP contribution in [0.3, 0.4) is 0 Å². The highest BCUT2D eigenvalue weighted by Crippen LogP contribution is 2.29. The monoisotopic (exact) mass is 356 g/mol. The first kappa shape index (κ1) is 17.3. The second kappa shape index (κ2) is 8.04. The van der Waals surface area contributed by atoms with Crippen molar-refractivity contribution in [1.29, 1.82) is 0 Å². The smallest absolute Gasteiger partial charge is 0.414 e. The zero-order chi connectivity index (χ0) is 17.6. The molecule has 0 fully saturated rings. The van der Waals surface area contributed by atoms with Gasteiger partial charge in [0.25, 0.3) is 0 Å². The largest absolute Gasteiger partial charge is 0.448 e. The molecule has 0 aliphatic carbocycles. The molecule has 6 nitrogen and oxygen atoms in total. The number of ether oxygens (including phenoxy) is 1. The van der Waals surface area contributed by atoms with Crippen LogP contribution in [0.15, 0.2) is 58.3 Å². The summed E-state index contributed by atoms with van der Waals surface area (Å²) in [5, 5.41) is 2.62. The van der Waals surface area contributed by atoms with Gasteiger partial charge < -0.3 is 14.6 Å². The summed E-state index contributed by atoms with van der Waals surface area (Å²) in [4.78, 5) is 23.4. The third-order valence-electron chi connectivity index (χ3n) is 3.42. The fourth-order valence-electron chi connectivity index (χ4n) is 2.19. The summed E-state index contributed by atoms with van der Waals surface area (Å²) in [6.45, 7) is 1.00. The Morgan fingerprint density at radius 1 is 1.20 bits per heavy atom. The van der Waals surface area contributed by atoms with E-state index >= 15 is 0 Å². The number of H-pyrrole nitrogens is 1. The molecule has 2 N–H and O–H groups in total. The summed E-state index contributed by atoms with van der Waals surface area (Å²) in [6.07, 6.45) is -0.514. The van der Waals surface area contributed by atoms with Crippen LogP contribution in [0.4, 0.5) is 10.7 Å². The van der Waals surface area contributed by atoms with Gasteiger partial charge in [-0.3, -0.25) is 5.32 Å². The number of nitrogens with zero attached hydrogens (tertiary/aromatic N) is 2. The van der Waals surface area contributed by atoms with E-state index in [0.29, 0.717) is 19.1 Å². The molecule has 0 atom stereocenters. The third-order valence-corrected chi connectivity index (χ3v) is 4.42. The summed E-state index contributed by atoms with van der Waals surface area (Å²) in [5.41, 5.74) is 1.66. The van der Waals surface area contributed by atoms with E-state index < -0.39 is 6.09 Å². The number of benzene rings is 2. The molecule has 0 saturated heterocycles. The van der Waals surface area contributed by atoms with Crippen LogP contribution in [0, 0.1) is 0 Å². The number of amides is 1. The van der Waals surface area contributed by atoms with Gasteiger partial charge in [-0.25, -0.2) is 9.78 Å².